The van der Waals surface area contributed by atoms with Crippen LogP contribution in [0.15, 0.2) is 24.3 Å². The minimum atomic E-state index is 0.567. The normalized spacial score (nSPS) is 21.4. The van der Waals surface area contributed by atoms with E-state index in [1.807, 2.05) is 0 Å². The summed E-state index contributed by atoms with van der Waals surface area (Å²) < 4.78 is 0. The number of nitrogens with one attached hydrogen (secondary N) is 1. The Morgan fingerprint density at radius 2 is 1.94 bits per heavy atom. The van der Waals surface area contributed by atoms with Crippen LogP contribution < -0.4 is 5.32 Å². The number of hydrogen-bond donors (Lipinski definition) is 1. The van der Waals surface area contributed by atoms with Crippen LogP contribution in [0.1, 0.15) is 63.6 Å². The molecule has 100 valence electrons. The molecule has 0 heterocycles. The molecule has 1 N–H and O–H groups in total. The molecule has 0 radical (unpaired) electrons. The van der Waals surface area contributed by atoms with Gasteiger partial charge >= 0.3 is 0 Å². The lowest BCUT2D eigenvalue weighted by Crippen LogP contribution is -2.31. The summed E-state index contributed by atoms with van der Waals surface area (Å²) in [6.07, 6.45) is 6.50. The van der Waals surface area contributed by atoms with Crippen LogP contribution in [0.4, 0.5) is 0 Å². The molecule has 0 saturated carbocycles. The first-order valence-corrected chi connectivity index (χ1v) is 7.50. The third-order valence-corrected chi connectivity index (χ3v) is 3.93. The zero-order chi connectivity index (χ0) is 13.0. The van der Waals surface area contributed by atoms with Crippen molar-refractivity contribution in [3.8, 4) is 0 Å². The number of aryl methyl sites for hydroxylation is 1. The van der Waals surface area contributed by atoms with E-state index in [9.17, 15) is 0 Å². The van der Waals surface area contributed by atoms with Gasteiger partial charge in [0.05, 0.1) is 0 Å². The van der Waals surface area contributed by atoms with Crippen LogP contribution in [0.2, 0.25) is 0 Å². The Balaban J connectivity index is 2.08. The van der Waals surface area contributed by atoms with Gasteiger partial charge in [-0.15, -0.1) is 0 Å². The lowest BCUT2D eigenvalue weighted by atomic mass is 9.97. The average molecular weight is 245 g/mol. The number of benzene rings is 1. The predicted octanol–water partition coefficient (Wildman–Crippen LogP) is 4.48. The number of rotatable bonds is 4. The molecular formula is C17H27N. The standard InChI is InChI=1S/C17H27N/c1-13(2)12-14(3)18-17-11-7-5-9-15-8-4-6-10-16(15)17/h4,6,8,10,13-14,17-18H,5,7,9,11-12H2,1-3H3. The highest BCUT2D eigenvalue weighted by molar-refractivity contribution is 5.31. The Kier molecular flexibility index (Phi) is 4.82. The first kappa shape index (κ1) is 13.6. The number of fused-ring (bicyclic) bond motifs is 1. The van der Waals surface area contributed by atoms with Crippen LogP contribution in [0.3, 0.4) is 0 Å². The quantitative estimate of drug-likeness (QED) is 0.771. The zero-order valence-corrected chi connectivity index (χ0v) is 12.1. The smallest absolute Gasteiger partial charge is 0.0325 e. The van der Waals surface area contributed by atoms with Crippen molar-refractivity contribution < 1.29 is 0 Å². The number of hydrogen-bond acceptors (Lipinski definition) is 1. The first-order valence-electron chi connectivity index (χ1n) is 7.50. The molecule has 1 heteroatoms. The van der Waals surface area contributed by atoms with Crippen LogP contribution in [-0.2, 0) is 6.42 Å². The highest BCUT2D eigenvalue weighted by atomic mass is 14.9. The van der Waals surface area contributed by atoms with E-state index in [4.69, 9.17) is 0 Å². The highest BCUT2D eigenvalue weighted by Gasteiger charge is 2.19. The van der Waals surface area contributed by atoms with Crippen molar-refractivity contribution in [2.24, 2.45) is 5.92 Å². The molecule has 2 unspecified atom stereocenters. The van der Waals surface area contributed by atoms with E-state index in [1.54, 1.807) is 11.1 Å². The predicted molar refractivity (Wildman–Crippen MR) is 78.8 cm³/mol. The SMILES string of the molecule is CC(C)CC(C)NC1CCCCc2ccccc21. The van der Waals surface area contributed by atoms with Gasteiger partial charge in [-0.3, -0.25) is 0 Å². The molecule has 0 amide bonds. The van der Waals surface area contributed by atoms with E-state index in [1.165, 1.54) is 32.1 Å². The molecule has 0 saturated heterocycles. The second-order valence-electron chi connectivity index (χ2n) is 6.19. The summed E-state index contributed by atoms with van der Waals surface area (Å²) in [7, 11) is 0. The second-order valence-corrected chi connectivity index (χ2v) is 6.19. The zero-order valence-electron chi connectivity index (χ0n) is 12.1. The first-order chi connectivity index (χ1) is 8.66. The molecule has 1 aromatic carbocycles. The summed E-state index contributed by atoms with van der Waals surface area (Å²) >= 11 is 0. The third kappa shape index (κ3) is 3.58. The maximum Gasteiger partial charge on any atom is 0.0325 e. The van der Waals surface area contributed by atoms with E-state index in [2.05, 4.69) is 50.4 Å². The summed E-state index contributed by atoms with van der Waals surface area (Å²) in [5.41, 5.74) is 3.11. The van der Waals surface area contributed by atoms with Gasteiger partial charge in [0.1, 0.15) is 0 Å². The summed E-state index contributed by atoms with van der Waals surface area (Å²) in [6.45, 7) is 6.94. The Morgan fingerprint density at radius 3 is 2.72 bits per heavy atom. The largest absolute Gasteiger partial charge is 0.307 e. The summed E-state index contributed by atoms with van der Waals surface area (Å²) in [6, 6.07) is 10.2. The van der Waals surface area contributed by atoms with Gasteiger partial charge in [0.2, 0.25) is 0 Å². The van der Waals surface area contributed by atoms with Crippen molar-refractivity contribution in [1.82, 2.24) is 5.32 Å². The van der Waals surface area contributed by atoms with Crippen LogP contribution in [-0.4, -0.2) is 6.04 Å². The van der Waals surface area contributed by atoms with E-state index >= 15 is 0 Å². The molecule has 0 aliphatic heterocycles. The Hall–Kier alpha value is -0.820. The maximum atomic E-state index is 3.85. The van der Waals surface area contributed by atoms with Gasteiger partial charge < -0.3 is 5.32 Å². The lowest BCUT2D eigenvalue weighted by Gasteiger charge is -2.25. The van der Waals surface area contributed by atoms with Gasteiger partial charge in [0.25, 0.3) is 0 Å². The van der Waals surface area contributed by atoms with Crippen molar-refractivity contribution in [2.45, 2.75) is 65.0 Å². The molecule has 1 aliphatic carbocycles. The van der Waals surface area contributed by atoms with Crippen molar-refractivity contribution in [2.75, 3.05) is 0 Å². The van der Waals surface area contributed by atoms with Gasteiger partial charge in [-0.1, -0.05) is 44.5 Å². The second kappa shape index (κ2) is 6.38. The molecule has 1 aliphatic rings. The fourth-order valence-corrected chi connectivity index (χ4v) is 3.21. The van der Waals surface area contributed by atoms with Gasteiger partial charge in [-0.25, -0.2) is 0 Å². The Bertz CT molecular complexity index is 370. The van der Waals surface area contributed by atoms with Gasteiger partial charge in [-0.05, 0) is 49.7 Å². The molecule has 2 rings (SSSR count). The fraction of sp³-hybridized carbons (Fsp3) is 0.647. The monoisotopic (exact) mass is 245 g/mol. The molecule has 1 nitrogen and oxygen atoms in total. The molecule has 0 spiro atoms. The Morgan fingerprint density at radius 1 is 1.17 bits per heavy atom. The van der Waals surface area contributed by atoms with Crippen LogP contribution in [0, 0.1) is 5.92 Å². The topological polar surface area (TPSA) is 12.0 Å². The Labute approximate surface area is 112 Å². The van der Waals surface area contributed by atoms with E-state index in [-0.39, 0.29) is 0 Å². The van der Waals surface area contributed by atoms with Crippen molar-refractivity contribution in [1.29, 1.82) is 0 Å². The fourth-order valence-electron chi connectivity index (χ4n) is 3.21. The van der Waals surface area contributed by atoms with Gasteiger partial charge in [0.15, 0.2) is 0 Å². The molecule has 2 atom stereocenters. The van der Waals surface area contributed by atoms with Crippen molar-refractivity contribution >= 4 is 0 Å². The maximum absolute atomic E-state index is 3.85. The van der Waals surface area contributed by atoms with Crippen LogP contribution >= 0.6 is 0 Å². The minimum Gasteiger partial charge on any atom is -0.307 e. The molecule has 1 aromatic rings. The van der Waals surface area contributed by atoms with Crippen molar-refractivity contribution in [3.63, 3.8) is 0 Å². The third-order valence-electron chi connectivity index (χ3n) is 3.93. The molecule has 0 aromatic heterocycles. The molecule has 0 bridgehead atoms. The highest BCUT2D eigenvalue weighted by Crippen LogP contribution is 2.29. The van der Waals surface area contributed by atoms with E-state index in [0.29, 0.717) is 12.1 Å². The average Bonchev–Trinajstić information content (AvgIpc) is 2.51. The van der Waals surface area contributed by atoms with E-state index in [0.717, 1.165) is 5.92 Å². The summed E-state index contributed by atoms with van der Waals surface area (Å²) in [5, 5.41) is 3.85. The van der Waals surface area contributed by atoms with Crippen LogP contribution in [0.5, 0.6) is 0 Å². The van der Waals surface area contributed by atoms with Crippen molar-refractivity contribution in [3.05, 3.63) is 35.4 Å². The van der Waals surface area contributed by atoms with Gasteiger partial charge in [-0.2, -0.15) is 0 Å². The molecule has 0 fully saturated rings. The minimum absolute atomic E-state index is 0.567. The summed E-state index contributed by atoms with van der Waals surface area (Å²) in [5.74, 6) is 0.772. The molecule has 18 heavy (non-hydrogen) atoms. The molecular weight excluding hydrogens is 218 g/mol. The lowest BCUT2D eigenvalue weighted by molar-refractivity contribution is 0.379. The summed E-state index contributed by atoms with van der Waals surface area (Å²) in [4.78, 5) is 0. The van der Waals surface area contributed by atoms with Crippen LogP contribution in [0.25, 0.3) is 0 Å². The van der Waals surface area contributed by atoms with E-state index < -0.39 is 0 Å². The van der Waals surface area contributed by atoms with Gasteiger partial charge in [0, 0.05) is 12.1 Å².